The molecule has 2 rings (SSSR count). The second kappa shape index (κ2) is 6.34. The van der Waals surface area contributed by atoms with Crippen LogP contribution in [0.2, 0.25) is 18.1 Å². The second-order valence-electron chi connectivity index (χ2n) is 7.20. The Bertz CT molecular complexity index is 549. The van der Waals surface area contributed by atoms with Gasteiger partial charge in [0.1, 0.15) is 11.8 Å². The lowest BCUT2D eigenvalue weighted by molar-refractivity contribution is 0.0346. The van der Waals surface area contributed by atoms with Gasteiger partial charge in [-0.2, -0.15) is 0 Å². The minimum absolute atomic E-state index is 0.0300. The molecule has 0 aromatic carbocycles. The molecule has 1 aliphatic carbocycles. The maximum absolute atomic E-state index is 12.0. The molecule has 0 unspecified atom stereocenters. The van der Waals surface area contributed by atoms with Crippen LogP contribution in [0.15, 0.2) is 36.5 Å². The Morgan fingerprint density at radius 3 is 2.50 bits per heavy atom. The number of ether oxygens (including phenoxy) is 1. The van der Waals surface area contributed by atoms with Crippen molar-refractivity contribution >= 4 is 14.3 Å². The fourth-order valence-corrected chi connectivity index (χ4v) is 3.33. The molecule has 4 nitrogen and oxygen atoms in total. The second-order valence-corrected chi connectivity index (χ2v) is 12.0. The summed E-state index contributed by atoms with van der Waals surface area (Å²) in [5.41, 5.74) is 0.338. The molecule has 0 saturated heterocycles. The van der Waals surface area contributed by atoms with E-state index in [2.05, 4.69) is 38.8 Å². The largest absolute Gasteiger partial charge is 0.453 e. The van der Waals surface area contributed by atoms with Crippen LogP contribution in [-0.2, 0) is 9.16 Å². The minimum Gasteiger partial charge on any atom is -0.453 e. The first-order chi connectivity index (χ1) is 10.2. The molecule has 1 aliphatic rings. The number of carbonyl (C=O) groups is 1. The summed E-state index contributed by atoms with van der Waals surface area (Å²) in [6.45, 7) is 11.1. The highest BCUT2D eigenvalue weighted by Crippen LogP contribution is 2.38. The van der Waals surface area contributed by atoms with Crippen molar-refractivity contribution in [3.63, 3.8) is 0 Å². The lowest BCUT2D eigenvalue weighted by Gasteiger charge is -2.38. The van der Waals surface area contributed by atoms with Crippen LogP contribution in [0.25, 0.3) is 0 Å². The third kappa shape index (κ3) is 4.05. The van der Waals surface area contributed by atoms with E-state index in [0.717, 1.165) is 0 Å². The SMILES string of the molecule is CC(C)(C)[Si](C)(C)O[C@@H]1C=C[C@H](OC(=O)c2ccccn2)C1. The first kappa shape index (κ1) is 16.9. The van der Waals surface area contributed by atoms with Crippen molar-refractivity contribution < 1.29 is 14.0 Å². The van der Waals surface area contributed by atoms with Crippen LogP contribution in [0.4, 0.5) is 0 Å². The topological polar surface area (TPSA) is 48.4 Å². The van der Waals surface area contributed by atoms with Gasteiger partial charge in [0.25, 0.3) is 0 Å². The zero-order valence-electron chi connectivity index (χ0n) is 14.0. The molecule has 0 saturated carbocycles. The standard InChI is InChI=1S/C17H25NO3Si/c1-17(2,3)22(4,5)21-14-10-9-13(12-14)20-16(19)15-8-6-7-11-18-15/h6-11,13-14H,12H2,1-5H3/t13-,14+/m0/s1. The van der Waals surface area contributed by atoms with Gasteiger partial charge in [-0.05, 0) is 36.3 Å². The predicted octanol–water partition coefficient (Wildman–Crippen LogP) is 3.96. The normalized spacial score (nSPS) is 21.9. The highest BCUT2D eigenvalue weighted by Gasteiger charge is 2.40. The molecule has 0 aliphatic heterocycles. The van der Waals surface area contributed by atoms with Gasteiger partial charge in [0, 0.05) is 12.6 Å². The van der Waals surface area contributed by atoms with Crippen LogP contribution in [0.1, 0.15) is 37.7 Å². The molecule has 0 fully saturated rings. The van der Waals surface area contributed by atoms with Crippen molar-refractivity contribution in [2.75, 3.05) is 0 Å². The van der Waals surface area contributed by atoms with Crippen LogP contribution in [0, 0.1) is 0 Å². The van der Waals surface area contributed by atoms with Gasteiger partial charge in [0.2, 0.25) is 0 Å². The average Bonchev–Trinajstić information content (AvgIpc) is 2.85. The third-order valence-corrected chi connectivity index (χ3v) is 8.89. The van der Waals surface area contributed by atoms with Crippen molar-refractivity contribution in [2.24, 2.45) is 0 Å². The summed E-state index contributed by atoms with van der Waals surface area (Å²) >= 11 is 0. The van der Waals surface area contributed by atoms with Gasteiger partial charge in [0.05, 0.1) is 6.10 Å². The molecule has 22 heavy (non-hydrogen) atoms. The summed E-state index contributed by atoms with van der Waals surface area (Å²) in [6.07, 6.45) is 6.00. The molecule has 2 atom stereocenters. The number of aromatic nitrogens is 1. The predicted molar refractivity (Wildman–Crippen MR) is 89.3 cm³/mol. The highest BCUT2D eigenvalue weighted by molar-refractivity contribution is 6.74. The van der Waals surface area contributed by atoms with E-state index < -0.39 is 8.32 Å². The Hall–Kier alpha value is -1.46. The lowest BCUT2D eigenvalue weighted by atomic mass is 10.2. The van der Waals surface area contributed by atoms with Crippen molar-refractivity contribution in [1.29, 1.82) is 0 Å². The summed E-state index contributed by atoms with van der Waals surface area (Å²) < 4.78 is 11.8. The Morgan fingerprint density at radius 1 is 1.23 bits per heavy atom. The molecule has 1 aromatic rings. The van der Waals surface area contributed by atoms with Gasteiger partial charge >= 0.3 is 5.97 Å². The van der Waals surface area contributed by atoms with Gasteiger partial charge < -0.3 is 9.16 Å². The summed E-state index contributed by atoms with van der Waals surface area (Å²) in [6, 6.07) is 5.21. The van der Waals surface area contributed by atoms with Crippen molar-refractivity contribution in [2.45, 2.75) is 57.5 Å². The van der Waals surface area contributed by atoms with Gasteiger partial charge in [-0.1, -0.05) is 32.9 Å². The molecule has 0 bridgehead atoms. The van der Waals surface area contributed by atoms with Crippen LogP contribution < -0.4 is 0 Å². The Morgan fingerprint density at radius 2 is 1.91 bits per heavy atom. The molecule has 0 N–H and O–H groups in total. The maximum Gasteiger partial charge on any atom is 0.357 e. The van der Waals surface area contributed by atoms with Crippen LogP contribution >= 0.6 is 0 Å². The number of hydrogen-bond donors (Lipinski definition) is 0. The summed E-state index contributed by atoms with van der Waals surface area (Å²) in [5, 5.41) is 0.170. The number of esters is 1. The Kier molecular flexibility index (Phi) is 4.87. The van der Waals surface area contributed by atoms with E-state index in [1.165, 1.54) is 0 Å². The van der Waals surface area contributed by atoms with Crippen LogP contribution in [0.3, 0.4) is 0 Å². The molecule has 0 spiro atoms. The highest BCUT2D eigenvalue weighted by atomic mass is 28.4. The molecular formula is C17H25NO3Si. The summed E-state index contributed by atoms with van der Waals surface area (Å²) in [7, 11) is -1.81. The first-order valence-electron chi connectivity index (χ1n) is 7.67. The van der Waals surface area contributed by atoms with Gasteiger partial charge in [0.15, 0.2) is 8.32 Å². The number of rotatable bonds is 4. The summed E-state index contributed by atoms with van der Waals surface area (Å²) in [4.78, 5) is 16.0. The Labute approximate surface area is 133 Å². The maximum atomic E-state index is 12.0. The number of carbonyl (C=O) groups excluding carboxylic acids is 1. The average molecular weight is 319 g/mol. The van der Waals surface area contributed by atoms with E-state index in [-0.39, 0.29) is 23.2 Å². The number of nitrogens with zero attached hydrogens (tertiary/aromatic N) is 1. The van der Waals surface area contributed by atoms with Crippen LogP contribution in [0.5, 0.6) is 0 Å². The quantitative estimate of drug-likeness (QED) is 0.479. The van der Waals surface area contributed by atoms with Crippen molar-refractivity contribution in [3.8, 4) is 0 Å². The van der Waals surface area contributed by atoms with Gasteiger partial charge in [-0.15, -0.1) is 0 Å². The summed E-state index contributed by atoms with van der Waals surface area (Å²) in [5.74, 6) is -0.386. The molecule has 5 heteroatoms. The first-order valence-corrected chi connectivity index (χ1v) is 10.6. The Balaban J connectivity index is 1.89. The van der Waals surface area contributed by atoms with E-state index in [1.807, 2.05) is 12.2 Å². The molecule has 1 aromatic heterocycles. The zero-order chi connectivity index (χ0) is 16.4. The fourth-order valence-electron chi connectivity index (χ4n) is 2.05. The third-order valence-electron chi connectivity index (χ3n) is 4.39. The van der Waals surface area contributed by atoms with E-state index in [0.29, 0.717) is 12.1 Å². The molecule has 1 heterocycles. The minimum atomic E-state index is -1.81. The van der Waals surface area contributed by atoms with E-state index in [9.17, 15) is 4.79 Å². The smallest absolute Gasteiger partial charge is 0.357 e. The van der Waals surface area contributed by atoms with Gasteiger partial charge in [-0.25, -0.2) is 9.78 Å². The van der Waals surface area contributed by atoms with E-state index in [4.69, 9.17) is 9.16 Å². The van der Waals surface area contributed by atoms with Crippen molar-refractivity contribution in [1.82, 2.24) is 4.98 Å². The monoisotopic (exact) mass is 319 g/mol. The zero-order valence-corrected chi connectivity index (χ0v) is 15.0. The number of pyridine rings is 1. The molecular weight excluding hydrogens is 294 g/mol. The lowest BCUT2D eigenvalue weighted by Crippen LogP contribution is -2.43. The molecule has 0 radical (unpaired) electrons. The van der Waals surface area contributed by atoms with Crippen LogP contribution in [-0.4, -0.2) is 31.5 Å². The van der Waals surface area contributed by atoms with Crippen molar-refractivity contribution in [3.05, 3.63) is 42.2 Å². The van der Waals surface area contributed by atoms with Gasteiger partial charge in [-0.3, -0.25) is 0 Å². The number of hydrogen-bond acceptors (Lipinski definition) is 4. The molecule has 0 amide bonds. The van der Waals surface area contributed by atoms with E-state index >= 15 is 0 Å². The van der Waals surface area contributed by atoms with E-state index in [1.54, 1.807) is 24.4 Å². The molecule has 120 valence electrons. The fraction of sp³-hybridized carbons (Fsp3) is 0.529.